The monoisotopic (exact) mass is 204 g/mol. The van der Waals surface area contributed by atoms with Gasteiger partial charge in [-0.25, -0.2) is 0 Å². The van der Waals surface area contributed by atoms with Crippen molar-refractivity contribution >= 4 is 37.8 Å². The number of carbonyl (C=O) groups is 1. The minimum atomic E-state index is -0.838. The van der Waals surface area contributed by atoms with Gasteiger partial charge in [0, 0.05) is 0 Å². The first-order valence-electron chi connectivity index (χ1n) is 2.27. The Morgan fingerprint density at radius 2 is 2.44 bits per heavy atom. The molecule has 0 aliphatic heterocycles. The average molecular weight is 204 g/mol. The maximum absolute atomic E-state index is 10.2. The van der Waals surface area contributed by atoms with E-state index < -0.39 is 5.97 Å². The molecule has 0 aliphatic carbocycles. The summed E-state index contributed by atoms with van der Waals surface area (Å²) < 4.78 is 1.10. The molecule has 0 spiro atoms. The molecule has 0 saturated carbocycles. The van der Waals surface area contributed by atoms with E-state index in [-0.39, 0.29) is 0 Å². The Morgan fingerprint density at radius 3 is 2.67 bits per heavy atom. The average Bonchev–Trinajstić information content (AvgIpc) is 2.14. The quantitative estimate of drug-likeness (QED) is 0.638. The third kappa shape index (κ3) is 1.57. The Morgan fingerprint density at radius 1 is 1.78 bits per heavy atom. The van der Waals surface area contributed by atoms with E-state index in [0.29, 0.717) is 5.56 Å². The molecular formula is C5H5AsO2S. The molecule has 0 bridgehead atoms. The molecule has 1 rings (SSSR count). The summed E-state index contributed by atoms with van der Waals surface area (Å²) in [7, 11) is 0. The fraction of sp³-hybridized carbons (Fsp3) is 0. The van der Waals surface area contributed by atoms with Crippen molar-refractivity contribution in [2.75, 3.05) is 0 Å². The van der Waals surface area contributed by atoms with Gasteiger partial charge in [0.2, 0.25) is 0 Å². The Hall–Kier alpha value is -0.272. The first-order chi connectivity index (χ1) is 4.20. The third-order valence-electron chi connectivity index (χ3n) is 0.867. The fourth-order valence-corrected chi connectivity index (χ4v) is 1.90. The van der Waals surface area contributed by atoms with Gasteiger partial charge in [-0.15, -0.1) is 0 Å². The number of carboxylic acid groups (broad SMARTS) is 1. The Labute approximate surface area is 65.0 Å². The van der Waals surface area contributed by atoms with Crippen molar-refractivity contribution in [1.82, 2.24) is 0 Å². The molecule has 1 aromatic heterocycles. The third-order valence-corrected chi connectivity index (χ3v) is 2.83. The minimum absolute atomic E-state index is 0.402. The van der Waals surface area contributed by atoms with Gasteiger partial charge in [-0.05, 0) is 0 Å². The fourth-order valence-electron chi connectivity index (χ4n) is 0.465. The summed E-state index contributed by atoms with van der Waals surface area (Å²) in [6.45, 7) is 0. The molecule has 0 aromatic carbocycles. The molecule has 1 N–H and O–H groups in total. The molecule has 0 saturated heterocycles. The second-order valence-electron chi connectivity index (χ2n) is 1.54. The second-order valence-corrected chi connectivity index (χ2v) is 4.67. The summed E-state index contributed by atoms with van der Waals surface area (Å²) in [6.07, 6.45) is 0. The number of rotatable bonds is 1. The van der Waals surface area contributed by atoms with E-state index in [9.17, 15) is 4.79 Å². The van der Waals surface area contributed by atoms with Crippen LogP contribution in [0.2, 0.25) is 0 Å². The van der Waals surface area contributed by atoms with Gasteiger partial charge in [0.15, 0.2) is 0 Å². The van der Waals surface area contributed by atoms with Crippen molar-refractivity contribution in [3.63, 3.8) is 0 Å². The Kier molecular flexibility index (Phi) is 1.93. The van der Waals surface area contributed by atoms with Crippen LogP contribution in [0.1, 0.15) is 10.4 Å². The molecule has 1 atom stereocenters. The molecule has 48 valence electrons. The van der Waals surface area contributed by atoms with Crippen molar-refractivity contribution in [3.8, 4) is 0 Å². The summed E-state index contributed by atoms with van der Waals surface area (Å²) in [5, 5.41) is 10.1. The SMILES string of the molecule is O=C(O)c1csc([AsH2])c1. The van der Waals surface area contributed by atoms with Crippen molar-refractivity contribution in [1.29, 1.82) is 0 Å². The van der Waals surface area contributed by atoms with E-state index in [4.69, 9.17) is 5.11 Å². The Balaban J connectivity index is 2.98. The predicted molar refractivity (Wildman–Crippen MR) is 39.5 cm³/mol. The predicted octanol–water partition coefficient (Wildman–Crippen LogP) is -0.295. The van der Waals surface area contributed by atoms with Gasteiger partial charge in [-0.3, -0.25) is 0 Å². The molecule has 0 aliphatic rings. The van der Waals surface area contributed by atoms with E-state index in [1.165, 1.54) is 28.2 Å². The van der Waals surface area contributed by atoms with Crippen molar-refractivity contribution in [2.45, 2.75) is 0 Å². The summed E-state index contributed by atoms with van der Waals surface area (Å²) in [5.74, 6) is -0.838. The van der Waals surface area contributed by atoms with Crippen LogP contribution in [0.4, 0.5) is 0 Å². The second kappa shape index (κ2) is 2.54. The molecule has 4 heteroatoms. The molecule has 1 heterocycles. The van der Waals surface area contributed by atoms with Crippen molar-refractivity contribution in [2.24, 2.45) is 0 Å². The van der Waals surface area contributed by atoms with Gasteiger partial charge in [-0.1, -0.05) is 0 Å². The van der Waals surface area contributed by atoms with E-state index in [1.54, 1.807) is 11.4 Å². The van der Waals surface area contributed by atoms with Crippen molar-refractivity contribution in [3.05, 3.63) is 17.0 Å². The van der Waals surface area contributed by atoms with Gasteiger partial charge >= 0.3 is 64.7 Å². The van der Waals surface area contributed by atoms with E-state index in [0.717, 1.165) is 3.66 Å². The van der Waals surface area contributed by atoms with E-state index in [1.807, 2.05) is 0 Å². The maximum atomic E-state index is 10.2. The molecule has 0 radical (unpaired) electrons. The molecule has 1 unspecified atom stereocenters. The number of carboxylic acids is 1. The molecule has 0 amide bonds. The zero-order chi connectivity index (χ0) is 6.85. The molecule has 1 aromatic rings. The molecule has 2 nitrogen and oxygen atoms in total. The first-order valence-corrected chi connectivity index (χ1v) is 4.36. The van der Waals surface area contributed by atoms with Crippen LogP contribution in [-0.2, 0) is 0 Å². The summed E-state index contributed by atoms with van der Waals surface area (Å²) in [5.41, 5.74) is 0.402. The van der Waals surface area contributed by atoms with Crippen LogP contribution in [0.15, 0.2) is 11.4 Å². The van der Waals surface area contributed by atoms with Crippen LogP contribution in [-0.4, -0.2) is 27.9 Å². The Bertz CT molecular complexity index is 231. The topological polar surface area (TPSA) is 37.3 Å². The van der Waals surface area contributed by atoms with Gasteiger partial charge in [0.05, 0.1) is 0 Å². The number of hydrogen-bond donors (Lipinski definition) is 1. The standard InChI is InChI=1S/C5H5AsO2S/c6-4-1-3(2-9-4)5(7)8/h1-2H,6H2,(H,7,8). The van der Waals surface area contributed by atoms with Crippen LogP contribution in [0.3, 0.4) is 0 Å². The van der Waals surface area contributed by atoms with Crippen LogP contribution >= 0.6 is 11.3 Å². The zero-order valence-corrected chi connectivity index (χ0v) is 7.73. The number of aromatic carboxylic acids is 1. The van der Waals surface area contributed by atoms with Gasteiger partial charge in [0.1, 0.15) is 0 Å². The number of hydrogen-bond acceptors (Lipinski definition) is 2. The zero-order valence-electron chi connectivity index (χ0n) is 4.50. The molecular weight excluding hydrogens is 199 g/mol. The summed E-state index contributed by atoms with van der Waals surface area (Å²) >= 11 is 2.94. The van der Waals surface area contributed by atoms with E-state index in [2.05, 4.69) is 0 Å². The van der Waals surface area contributed by atoms with Gasteiger partial charge < -0.3 is 0 Å². The van der Waals surface area contributed by atoms with Crippen LogP contribution < -0.4 is 3.66 Å². The summed E-state index contributed by atoms with van der Waals surface area (Å²) in [6, 6.07) is 1.69. The van der Waals surface area contributed by atoms with Gasteiger partial charge in [0.25, 0.3) is 0 Å². The molecule has 0 fully saturated rings. The molecule has 9 heavy (non-hydrogen) atoms. The van der Waals surface area contributed by atoms with Gasteiger partial charge in [-0.2, -0.15) is 0 Å². The van der Waals surface area contributed by atoms with E-state index >= 15 is 0 Å². The number of thiophene rings is 1. The first kappa shape index (κ1) is 6.84. The van der Waals surface area contributed by atoms with Crippen LogP contribution in [0, 0.1) is 0 Å². The van der Waals surface area contributed by atoms with Crippen molar-refractivity contribution < 1.29 is 9.90 Å². The normalized spacial score (nSPS) is 9.44. The van der Waals surface area contributed by atoms with Crippen LogP contribution in [0.5, 0.6) is 0 Å². The summed E-state index contributed by atoms with van der Waals surface area (Å²) in [4.78, 5) is 10.2. The van der Waals surface area contributed by atoms with Crippen LogP contribution in [0.25, 0.3) is 0 Å².